The lowest BCUT2D eigenvalue weighted by atomic mass is 9.85. The van der Waals surface area contributed by atoms with Crippen LogP contribution in [0.3, 0.4) is 0 Å². The maximum atomic E-state index is 12.1. The average molecular weight is 372 g/mol. The van der Waals surface area contributed by atoms with Crippen LogP contribution in [0, 0.1) is 5.92 Å². The van der Waals surface area contributed by atoms with E-state index >= 15 is 0 Å². The fraction of sp³-hybridized carbons (Fsp3) is 0.429. The smallest absolute Gasteiger partial charge is 0.305 e. The highest BCUT2D eigenvalue weighted by Gasteiger charge is 2.22. The maximum Gasteiger partial charge on any atom is 0.305 e. The molecule has 0 saturated carbocycles. The molecular formula is C21H30N3O3+. The summed E-state index contributed by atoms with van der Waals surface area (Å²) in [5.74, 6) is -0.243. The number of nitrogens with one attached hydrogen (secondary N) is 2. The van der Waals surface area contributed by atoms with Crippen LogP contribution >= 0.6 is 0 Å². The molecule has 1 aromatic carbocycles. The number of hydrogen-bond acceptors (Lipinski definition) is 3. The molecule has 2 aromatic rings. The Morgan fingerprint density at radius 3 is 2.26 bits per heavy atom. The van der Waals surface area contributed by atoms with Gasteiger partial charge in [-0.15, -0.1) is 0 Å². The first kappa shape index (κ1) is 20.7. The predicted molar refractivity (Wildman–Crippen MR) is 104 cm³/mol. The normalized spacial score (nSPS) is 12.7. The molecule has 4 N–H and O–H groups in total. The van der Waals surface area contributed by atoms with E-state index in [1.54, 1.807) is 6.07 Å². The topological polar surface area (TPSA) is 88.0 Å². The minimum Gasteiger partial charge on any atom is -0.459 e. The van der Waals surface area contributed by atoms with Crippen LogP contribution in [0.1, 0.15) is 62.3 Å². The van der Waals surface area contributed by atoms with Crippen LogP contribution in [-0.4, -0.2) is 18.4 Å². The lowest BCUT2D eigenvalue weighted by molar-refractivity contribution is -0.692. The fourth-order valence-corrected chi connectivity index (χ4v) is 2.88. The van der Waals surface area contributed by atoms with E-state index in [4.69, 9.17) is 4.42 Å². The molecule has 146 valence electrons. The van der Waals surface area contributed by atoms with Crippen molar-refractivity contribution < 1.29 is 19.3 Å². The summed E-state index contributed by atoms with van der Waals surface area (Å²) in [6, 6.07) is 11.9. The molecule has 0 fully saturated rings. The van der Waals surface area contributed by atoms with Crippen LogP contribution in [0.25, 0.3) is 0 Å². The first-order valence-electron chi connectivity index (χ1n) is 9.25. The molecule has 0 unspecified atom stereocenters. The highest BCUT2D eigenvalue weighted by Crippen LogP contribution is 2.25. The number of hydrazine groups is 1. The van der Waals surface area contributed by atoms with Crippen molar-refractivity contribution in [3.05, 3.63) is 59.5 Å². The Kier molecular flexibility index (Phi) is 6.80. The second kappa shape index (κ2) is 8.86. The molecule has 27 heavy (non-hydrogen) atoms. The van der Waals surface area contributed by atoms with E-state index in [9.17, 15) is 9.59 Å². The van der Waals surface area contributed by atoms with Crippen LogP contribution in [0.2, 0.25) is 0 Å². The van der Waals surface area contributed by atoms with E-state index in [0.29, 0.717) is 5.92 Å². The van der Waals surface area contributed by atoms with Crippen molar-refractivity contribution in [3.8, 4) is 0 Å². The van der Waals surface area contributed by atoms with Gasteiger partial charge in [0.25, 0.3) is 5.91 Å². The summed E-state index contributed by atoms with van der Waals surface area (Å²) < 4.78 is 4.98. The molecule has 1 aromatic heterocycles. The van der Waals surface area contributed by atoms with Crippen LogP contribution in [0.4, 0.5) is 0 Å². The summed E-state index contributed by atoms with van der Waals surface area (Å²) in [7, 11) is 0. The Morgan fingerprint density at radius 1 is 1.07 bits per heavy atom. The van der Waals surface area contributed by atoms with E-state index < -0.39 is 5.91 Å². The molecule has 0 aliphatic carbocycles. The SMILES string of the molecule is CC(C)[C@@H]([NH2+]CC(=O)NNC(=O)c1ccco1)c1ccc(C(C)(C)C)cc1. The summed E-state index contributed by atoms with van der Waals surface area (Å²) in [6.07, 6.45) is 1.41. The monoisotopic (exact) mass is 372 g/mol. The van der Waals surface area contributed by atoms with Crippen molar-refractivity contribution in [2.24, 2.45) is 5.92 Å². The Morgan fingerprint density at radius 2 is 1.74 bits per heavy atom. The first-order chi connectivity index (χ1) is 12.7. The summed E-state index contributed by atoms with van der Waals surface area (Å²) >= 11 is 0. The first-order valence-corrected chi connectivity index (χ1v) is 9.25. The zero-order chi connectivity index (χ0) is 20.0. The van der Waals surface area contributed by atoms with Crippen LogP contribution in [0.5, 0.6) is 0 Å². The largest absolute Gasteiger partial charge is 0.459 e. The van der Waals surface area contributed by atoms with E-state index in [1.165, 1.54) is 23.5 Å². The quantitative estimate of drug-likeness (QED) is 0.680. The van der Waals surface area contributed by atoms with Gasteiger partial charge in [-0.2, -0.15) is 0 Å². The number of rotatable bonds is 6. The minimum atomic E-state index is -0.480. The number of quaternary nitrogens is 1. The molecule has 0 bridgehead atoms. The summed E-state index contributed by atoms with van der Waals surface area (Å²) in [6.45, 7) is 11.0. The highest BCUT2D eigenvalue weighted by atomic mass is 16.3. The van der Waals surface area contributed by atoms with Gasteiger partial charge in [-0.3, -0.25) is 20.4 Å². The van der Waals surface area contributed by atoms with Gasteiger partial charge in [0.2, 0.25) is 0 Å². The Balaban J connectivity index is 1.90. The molecule has 0 spiro atoms. The Bertz CT molecular complexity index is 744. The van der Waals surface area contributed by atoms with Gasteiger partial charge < -0.3 is 9.73 Å². The third kappa shape index (κ3) is 5.96. The van der Waals surface area contributed by atoms with Gasteiger partial charge in [-0.25, -0.2) is 0 Å². The average Bonchev–Trinajstić information content (AvgIpc) is 3.14. The van der Waals surface area contributed by atoms with Gasteiger partial charge in [0.1, 0.15) is 6.04 Å². The predicted octanol–water partition coefficient (Wildman–Crippen LogP) is 2.30. The molecule has 2 amide bonds. The maximum absolute atomic E-state index is 12.1. The molecule has 1 atom stereocenters. The lowest BCUT2D eigenvalue weighted by Crippen LogP contribution is -2.88. The van der Waals surface area contributed by atoms with Crippen LogP contribution in [-0.2, 0) is 10.2 Å². The van der Waals surface area contributed by atoms with Crippen molar-refractivity contribution in [1.29, 1.82) is 0 Å². The molecule has 6 heteroatoms. The Hall–Kier alpha value is -2.60. The number of furan rings is 1. The molecule has 6 nitrogen and oxygen atoms in total. The molecule has 0 aliphatic heterocycles. The summed E-state index contributed by atoms with van der Waals surface area (Å²) in [5.41, 5.74) is 7.35. The fourth-order valence-electron chi connectivity index (χ4n) is 2.88. The number of hydrogen-bond donors (Lipinski definition) is 3. The molecule has 0 radical (unpaired) electrons. The lowest BCUT2D eigenvalue weighted by Gasteiger charge is -2.22. The molecular weight excluding hydrogens is 342 g/mol. The van der Waals surface area contributed by atoms with E-state index in [-0.39, 0.29) is 29.7 Å². The molecule has 0 aliphatic rings. The van der Waals surface area contributed by atoms with Crippen LogP contribution in [0.15, 0.2) is 47.1 Å². The zero-order valence-corrected chi connectivity index (χ0v) is 16.7. The molecule has 2 rings (SSSR count). The van der Waals surface area contributed by atoms with E-state index in [1.807, 2.05) is 5.32 Å². The van der Waals surface area contributed by atoms with Crippen molar-refractivity contribution >= 4 is 11.8 Å². The summed E-state index contributed by atoms with van der Waals surface area (Å²) in [5, 5.41) is 1.99. The highest BCUT2D eigenvalue weighted by molar-refractivity contribution is 5.92. The second-order valence-electron chi connectivity index (χ2n) is 8.06. The number of benzene rings is 1. The van der Waals surface area contributed by atoms with Gasteiger partial charge in [0, 0.05) is 11.5 Å². The number of carbonyl (C=O) groups excluding carboxylic acids is 2. The zero-order valence-electron chi connectivity index (χ0n) is 16.7. The molecule has 0 saturated heterocycles. The van der Waals surface area contributed by atoms with Gasteiger partial charge in [0.15, 0.2) is 12.3 Å². The summed E-state index contributed by atoms with van der Waals surface area (Å²) in [4.78, 5) is 23.8. The van der Waals surface area contributed by atoms with Crippen molar-refractivity contribution in [2.75, 3.05) is 6.54 Å². The van der Waals surface area contributed by atoms with E-state index in [0.717, 1.165) is 0 Å². The van der Waals surface area contributed by atoms with Gasteiger partial charge in [0.05, 0.1) is 6.26 Å². The standard InChI is InChI=1S/C21H29N3O3/c1-14(2)19(15-8-10-16(11-9-15)21(3,4)5)22-13-18(25)23-24-20(26)17-7-6-12-27-17/h6-12,14,19,22H,13H2,1-5H3,(H,23,25)(H,24,26)/p+1/t19-/m1/s1. The van der Waals surface area contributed by atoms with Gasteiger partial charge >= 0.3 is 5.91 Å². The third-order valence-corrected chi connectivity index (χ3v) is 4.50. The van der Waals surface area contributed by atoms with Gasteiger partial charge in [-0.1, -0.05) is 58.9 Å². The second-order valence-corrected chi connectivity index (χ2v) is 8.06. The van der Waals surface area contributed by atoms with Crippen LogP contribution < -0.4 is 16.2 Å². The van der Waals surface area contributed by atoms with Crippen molar-refractivity contribution in [1.82, 2.24) is 10.9 Å². The van der Waals surface area contributed by atoms with Gasteiger partial charge in [-0.05, 0) is 23.1 Å². The van der Waals surface area contributed by atoms with E-state index in [2.05, 4.69) is 69.7 Å². The molecule has 1 heterocycles. The Labute approximate surface area is 160 Å². The number of carbonyl (C=O) groups is 2. The minimum absolute atomic E-state index is 0.113. The number of nitrogens with two attached hydrogens (primary N) is 1. The third-order valence-electron chi connectivity index (χ3n) is 4.50. The van der Waals surface area contributed by atoms with Crippen molar-refractivity contribution in [3.63, 3.8) is 0 Å². The van der Waals surface area contributed by atoms with Crippen molar-refractivity contribution in [2.45, 2.75) is 46.1 Å². The number of amides is 2.